The minimum Gasteiger partial charge on any atom is -0.481 e. The molecule has 0 aliphatic carbocycles. The van der Waals surface area contributed by atoms with Crippen molar-refractivity contribution < 1.29 is 35.1 Å². The van der Waals surface area contributed by atoms with Gasteiger partial charge >= 0.3 is 11.8 Å². The second kappa shape index (κ2) is 8.95. The first-order valence-electron chi connectivity index (χ1n) is 7.12. The molecule has 24 heavy (non-hydrogen) atoms. The average molecular weight is 364 g/mol. The molecule has 0 radical (unpaired) electrons. The third kappa shape index (κ3) is 5.43. The molecule has 0 aromatic heterocycles. The SMILES string of the molecule is CCCC(O)(O)C(O)(O)C(=O)Nc1ccccc1CCC(=O)O.Cl. The third-order valence-corrected chi connectivity index (χ3v) is 3.35. The van der Waals surface area contributed by atoms with Crippen LogP contribution in [0.25, 0.3) is 0 Å². The van der Waals surface area contributed by atoms with E-state index in [1.54, 1.807) is 25.1 Å². The van der Waals surface area contributed by atoms with Crippen LogP contribution in [0.2, 0.25) is 0 Å². The predicted octanol–water partition coefficient (Wildman–Crippen LogP) is 0.226. The van der Waals surface area contributed by atoms with Gasteiger partial charge < -0.3 is 30.8 Å². The number of hydrogen-bond acceptors (Lipinski definition) is 6. The van der Waals surface area contributed by atoms with Crippen LogP contribution < -0.4 is 5.32 Å². The van der Waals surface area contributed by atoms with Crippen LogP contribution in [0.5, 0.6) is 0 Å². The van der Waals surface area contributed by atoms with Crippen LogP contribution in [-0.4, -0.2) is 49.0 Å². The summed E-state index contributed by atoms with van der Waals surface area (Å²) in [6.07, 6.45) is -0.267. The molecule has 0 aliphatic heterocycles. The number of carbonyl (C=O) groups excluding carboxylic acids is 1. The first kappa shape index (κ1) is 22.3. The summed E-state index contributed by atoms with van der Waals surface area (Å²) in [7, 11) is 0. The van der Waals surface area contributed by atoms with Crippen molar-refractivity contribution in [1.82, 2.24) is 0 Å². The van der Waals surface area contributed by atoms with E-state index < -0.39 is 29.9 Å². The number of anilines is 1. The van der Waals surface area contributed by atoms with Gasteiger partial charge in [-0.1, -0.05) is 31.5 Å². The largest absolute Gasteiger partial charge is 0.481 e. The highest BCUT2D eigenvalue weighted by Gasteiger charge is 2.53. The standard InChI is InChI=1S/C15H21NO7.ClH/c1-2-9-14(20,21)15(22,23)13(19)16-11-6-4-3-5-10(11)7-8-12(17)18;/h3-6,20-23H,2,7-9H2,1H3,(H,16,19)(H,17,18);1H. The van der Waals surface area contributed by atoms with E-state index in [1.165, 1.54) is 6.07 Å². The third-order valence-electron chi connectivity index (χ3n) is 3.35. The second-order valence-corrected chi connectivity index (χ2v) is 5.24. The van der Waals surface area contributed by atoms with Gasteiger partial charge in [-0.05, 0) is 18.1 Å². The van der Waals surface area contributed by atoms with E-state index in [4.69, 9.17) is 5.11 Å². The fourth-order valence-corrected chi connectivity index (χ4v) is 2.02. The van der Waals surface area contributed by atoms with E-state index in [0.29, 0.717) is 5.56 Å². The minimum atomic E-state index is -3.41. The fourth-order valence-electron chi connectivity index (χ4n) is 2.02. The Morgan fingerprint density at radius 3 is 2.25 bits per heavy atom. The van der Waals surface area contributed by atoms with Crippen molar-refractivity contribution in [1.29, 1.82) is 0 Å². The van der Waals surface area contributed by atoms with Gasteiger partial charge in [-0.2, -0.15) is 0 Å². The number of para-hydroxylation sites is 1. The monoisotopic (exact) mass is 363 g/mol. The van der Waals surface area contributed by atoms with Crippen molar-refractivity contribution in [2.75, 3.05) is 5.32 Å². The molecule has 0 unspecified atom stereocenters. The number of aliphatic carboxylic acids is 1. The van der Waals surface area contributed by atoms with Gasteiger partial charge in [-0.3, -0.25) is 9.59 Å². The van der Waals surface area contributed by atoms with Crippen LogP contribution in [0.1, 0.15) is 31.7 Å². The summed E-state index contributed by atoms with van der Waals surface area (Å²) < 4.78 is 0. The van der Waals surface area contributed by atoms with Gasteiger partial charge in [0.2, 0.25) is 5.79 Å². The normalized spacial score (nSPS) is 11.5. The number of nitrogens with one attached hydrogen (secondary N) is 1. The van der Waals surface area contributed by atoms with Crippen molar-refractivity contribution in [2.45, 2.75) is 44.2 Å². The molecule has 1 aromatic carbocycles. The number of carboxylic acid groups (broad SMARTS) is 1. The molecule has 6 N–H and O–H groups in total. The van der Waals surface area contributed by atoms with Crippen LogP contribution in [0, 0.1) is 0 Å². The number of amides is 1. The van der Waals surface area contributed by atoms with E-state index in [-0.39, 0.29) is 37.4 Å². The summed E-state index contributed by atoms with van der Waals surface area (Å²) in [5.41, 5.74) is 0.634. The lowest BCUT2D eigenvalue weighted by Crippen LogP contribution is -2.61. The smallest absolute Gasteiger partial charge is 0.303 e. The van der Waals surface area contributed by atoms with Crippen LogP contribution in [0.3, 0.4) is 0 Å². The summed E-state index contributed by atoms with van der Waals surface area (Å²) >= 11 is 0. The fraction of sp³-hybridized carbons (Fsp3) is 0.467. The lowest BCUT2D eigenvalue weighted by atomic mass is 9.99. The molecular formula is C15H22ClNO7. The molecule has 0 heterocycles. The molecule has 0 saturated heterocycles. The van der Waals surface area contributed by atoms with Gasteiger partial charge in [0.05, 0.1) is 0 Å². The summed E-state index contributed by atoms with van der Waals surface area (Å²) in [4.78, 5) is 22.6. The van der Waals surface area contributed by atoms with Crippen molar-refractivity contribution in [3.05, 3.63) is 29.8 Å². The predicted molar refractivity (Wildman–Crippen MR) is 87.5 cm³/mol. The Labute approximate surface area is 145 Å². The molecule has 9 heteroatoms. The number of rotatable bonds is 8. The quantitative estimate of drug-likeness (QED) is 0.362. The Bertz CT molecular complexity index is 575. The molecule has 0 aliphatic rings. The van der Waals surface area contributed by atoms with Crippen LogP contribution in [0.4, 0.5) is 5.69 Å². The molecule has 1 aromatic rings. The van der Waals surface area contributed by atoms with Gasteiger partial charge in [0.25, 0.3) is 5.91 Å². The number of aliphatic hydroxyl groups is 4. The Morgan fingerprint density at radius 1 is 1.12 bits per heavy atom. The van der Waals surface area contributed by atoms with E-state index in [0.717, 1.165) is 0 Å². The average Bonchev–Trinajstić information content (AvgIpc) is 2.45. The molecule has 8 nitrogen and oxygen atoms in total. The number of carboxylic acids is 1. The molecule has 1 rings (SSSR count). The van der Waals surface area contributed by atoms with E-state index in [2.05, 4.69) is 5.32 Å². The lowest BCUT2D eigenvalue weighted by Gasteiger charge is -2.33. The molecule has 0 spiro atoms. The molecule has 1 amide bonds. The van der Waals surface area contributed by atoms with Crippen molar-refractivity contribution in [3.8, 4) is 0 Å². The lowest BCUT2D eigenvalue weighted by molar-refractivity contribution is -0.337. The highest BCUT2D eigenvalue weighted by Crippen LogP contribution is 2.25. The van der Waals surface area contributed by atoms with Gasteiger partial charge in [0, 0.05) is 18.5 Å². The van der Waals surface area contributed by atoms with E-state index >= 15 is 0 Å². The number of benzene rings is 1. The maximum absolute atomic E-state index is 12.0. The first-order valence-corrected chi connectivity index (χ1v) is 7.12. The number of hydrogen-bond donors (Lipinski definition) is 6. The van der Waals surface area contributed by atoms with Gasteiger partial charge in [-0.15, -0.1) is 12.4 Å². The van der Waals surface area contributed by atoms with Gasteiger partial charge in [-0.25, -0.2) is 0 Å². The Morgan fingerprint density at radius 2 is 1.71 bits per heavy atom. The molecule has 0 bridgehead atoms. The van der Waals surface area contributed by atoms with Crippen molar-refractivity contribution in [3.63, 3.8) is 0 Å². The van der Waals surface area contributed by atoms with Crippen molar-refractivity contribution >= 4 is 30.0 Å². The van der Waals surface area contributed by atoms with Crippen LogP contribution in [0.15, 0.2) is 24.3 Å². The van der Waals surface area contributed by atoms with E-state index in [9.17, 15) is 30.0 Å². The topological polar surface area (TPSA) is 147 Å². The highest BCUT2D eigenvalue weighted by atomic mass is 35.5. The summed E-state index contributed by atoms with van der Waals surface area (Å²) in [5.74, 6) is -8.86. The second-order valence-electron chi connectivity index (χ2n) is 5.24. The number of halogens is 1. The Hall–Kier alpha value is -1.71. The van der Waals surface area contributed by atoms with Gasteiger partial charge in [0.1, 0.15) is 0 Å². The van der Waals surface area contributed by atoms with Crippen molar-refractivity contribution in [2.24, 2.45) is 0 Å². The van der Waals surface area contributed by atoms with E-state index in [1.807, 2.05) is 0 Å². The van der Waals surface area contributed by atoms with Crippen LogP contribution >= 0.6 is 12.4 Å². The molecule has 0 saturated carbocycles. The zero-order valence-corrected chi connectivity index (χ0v) is 13.9. The summed E-state index contributed by atoms with van der Waals surface area (Å²) in [6.45, 7) is 1.58. The van der Waals surface area contributed by atoms with Gasteiger partial charge in [0.15, 0.2) is 0 Å². The number of aryl methyl sites for hydroxylation is 1. The first-order chi connectivity index (χ1) is 10.6. The maximum atomic E-state index is 12.0. The van der Waals surface area contributed by atoms with Crippen LogP contribution in [-0.2, 0) is 16.0 Å². The Balaban J connectivity index is 0.00000529. The molecule has 136 valence electrons. The minimum absolute atomic E-state index is 0. The maximum Gasteiger partial charge on any atom is 0.303 e. The molecule has 0 atom stereocenters. The zero-order chi connectivity index (χ0) is 17.7. The highest BCUT2D eigenvalue weighted by molar-refractivity contribution is 5.97. The molecule has 0 fully saturated rings. The summed E-state index contributed by atoms with van der Waals surface area (Å²) in [5, 5.41) is 49.7. The zero-order valence-electron chi connectivity index (χ0n) is 13.1. The molecular weight excluding hydrogens is 342 g/mol. The Kier molecular flexibility index (Phi) is 8.31. The number of carbonyl (C=O) groups is 2. The summed E-state index contributed by atoms with van der Waals surface area (Å²) in [6, 6.07) is 6.22.